The van der Waals surface area contributed by atoms with Crippen LogP contribution in [0.25, 0.3) is 89.2 Å². The van der Waals surface area contributed by atoms with Crippen LogP contribution in [0.2, 0.25) is 0 Å². The van der Waals surface area contributed by atoms with Gasteiger partial charge in [-0.3, -0.25) is 0 Å². The van der Waals surface area contributed by atoms with E-state index in [4.69, 9.17) is 0 Å². The van der Waals surface area contributed by atoms with Crippen LogP contribution in [0.3, 0.4) is 0 Å². The second kappa shape index (κ2) is 7.15. The van der Waals surface area contributed by atoms with E-state index in [0.717, 1.165) is 0 Å². The third-order valence-corrected chi connectivity index (χ3v) is 10.9. The zero-order valence-electron chi connectivity index (χ0n) is 20.7. The van der Waals surface area contributed by atoms with Crippen LogP contribution < -0.4 is 0 Å². The molecular weight excluding hydrogens is 511 g/mol. The summed E-state index contributed by atoms with van der Waals surface area (Å²) in [5.74, 6) is 0. The van der Waals surface area contributed by atoms with Gasteiger partial charge in [-0.2, -0.15) is 0 Å². The minimum Gasteiger partial charge on any atom is -0.308 e. The summed E-state index contributed by atoms with van der Waals surface area (Å²) in [6.07, 6.45) is 0. The van der Waals surface area contributed by atoms with E-state index in [9.17, 15) is 0 Å². The molecule has 0 bridgehead atoms. The first-order chi connectivity index (χ1) is 19.4. The first kappa shape index (κ1) is 20.5. The number of thiophene rings is 2. The summed E-state index contributed by atoms with van der Waals surface area (Å²) in [6.45, 7) is 0. The summed E-state index contributed by atoms with van der Waals surface area (Å²) in [5.41, 5.74) is 3.81. The topological polar surface area (TPSA) is 4.41 Å². The number of nitrogens with zero attached hydrogens (tertiary/aromatic N) is 1. The fraction of sp³-hybridized carbons (Fsp3) is 0. The number of benzene rings is 6. The lowest BCUT2D eigenvalue weighted by Gasteiger charge is -2.04. The van der Waals surface area contributed by atoms with Crippen LogP contribution in [0, 0.1) is 0 Å². The van der Waals surface area contributed by atoms with E-state index in [2.05, 4.69) is 120 Å². The van der Waals surface area contributed by atoms with Gasteiger partial charge in [-0.1, -0.05) is 84.9 Å². The molecule has 0 aliphatic rings. The van der Waals surface area contributed by atoms with Crippen LogP contribution in [-0.2, 0) is 0 Å². The summed E-state index contributed by atoms with van der Waals surface area (Å²) in [7, 11) is 0. The van der Waals surface area contributed by atoms with E-state index in [1.54, 1.807) is 0 Å². The summed E-state index contributed by atoms with van der Waals surface area (Å²) in [4.78, 5) is 0. The average molecular weight is 530 g/mol. The van der Waals surface area contributed by atoms with Gasteiger partial charge in [0, 0.05) is 61.9 Å². The molecule has 0 atom stereocenters. The molecule has 0 aliphatic heterocycles. The largest absolute Gasteiger partial charge is 0.308 e. The smallest absolute Gasteiger partial charge is 0.0620 e. The molecule has 0 fully saturated rings. The van der Waals surface area contributed by atoms with Gasteiger partial charge in [-0.15, -0.1) is 22.7 Å². The van der Waals surface area contributed by atoms with E-state index in [0.29, 0.717) is 0 Å². The maximum Gasteiger partial charge on any atom is 0.0620 e. The average Bonchev–Trinajstić information content (AvgIpc) is 3.66. The van der Waals surface area contributed by atoms with Crippen molar-refractivity contribution in [3.63, 3.8) is 0 Å². The van der Waals surface area contributed by atoms with Crippen LogP contribution in [0.4, 0.5) is 0 Å². The number of hydrogen-bond donors (Lipinski definition) is 0. The number of fused-ring (bicyclic) bond motifs is 11. The second-order valence-electron chi connectivity index (χ2n) is 10.4. The maximum absolute atomic E-state index is 2.55. The van der Waals surface area contributed by atoms with Crippen molar-refractivity contribution < 1.29 is 0 Å². The highest BCUT2D eigenvalue weighted by molar-refractivity contribution is 7.27. The Morgan fingerprint density at radius 3 is 1.82 bits per heavy atom. The van der Waals surface area contributed by atoms with Crippen molar-refractivity contribution in [2.24, 2.45) is 0 Å². The summed E-state index contributed by atoms with van der Waals surface area (Å²) < 4.78 is 7.96. The van der Waals surface area contributed by atoms with Gasteiger partial charge in [0.1, 0.15) is 0 Å². The van der Waals surface area contributed by atoms with Gasteiger partial charge in [0.25, 0.3) is 0 Å². The molecule has 0 saturated heterocycles. The highest BCUT2D eigenvalue weighted by Crippen LogP contribution is 2.47. The molecule has 4 heterocycles. The molecule has 10 rings (SSSR count). The SMILES string of the molecule is c1ccc2c(c1)sc1c2ccc2c1c1cccc3c4cccc5sc6cccc(c7ccccc7n2c31)c6c54. The van der Waals surface area contributed by atoms with Crippen molar-refractivity contribution in [3.8, 4) is 0 Å². The number of aromatic nitrogens is 1. The van der Waals surface area contributed by atoms with Gasteiger partial charge in [0.05, 0.1) is 16.6 Å². The number of hydrogen-bond acceptors (Lipinski definition) is 2. The van der Waals surface area contributed by atoms with Crippen LogP contribution in [0.5, 0.6) is 0 Å². The van der Waals surface area contributed by atoms with Crippen molar-refractivity contribution in [3.05, 3.63) is 115 Å². The molecule has 1 nitrogen and oxygen atoms in total. The van der Waals surface area contributed by atoms with Crippen LogP contribution >= 0.6 is 22.7 Å². The van der Waals surface area contributed by atoms with Crippen LogP contribution in [0.15, 0.2) is 115 Å². The Kier molecular flexibility index (Phi) is 3.76. The summed E-state index contributed by atoms with van der Waals surface area (Å²) in [5, 5.41) is 13.3. The minimum absolute atomic E-state index is 1.24. The monoisotopic (exact) mass is 529 g/mol. The third kappa shape index (κ3) is 2.46. The van der Waals surface area contributed by atoms with Gasteiger partial charge in [0.15, 0.2) is 0 Å². The van der Waals surface area contributed by atoms with Gasteiger partial charge in [-0.05, 0) is 41.1 Å². The van der Waals surface area contributed by atoms with E-state index >= 15 is 0 Å². The number of para-hydroxylation sites is 2. The molecule has 0 unspecified atom stereocenters. The van der Waals surface area contributed by atoms with Crippen molar-refractivity contribution in [1.29, 1.82) is 0 Å². The zero-order valence-corrected chi connectivity index (χ0v) is 22.4. The molecule has 0 N–H and O–H groups in total. The quantitative estimate of drug-likeness (QED) is 0.184. The fourth-order valence-corrected chi connectivity index (χ4v) is 9.43. The molecule has 0 aliphatic carbocycles. The Hall–Kier alpha value is -4.44. The lowest BCUT2D eigenvalue weighted by Crippen LogP contribution is -1.86. The molecule has 39 heavy (non-hydrogen) atoms. The minimum atomic E-state index is 1.24. The molecule has 4 aromatic heterocycles. The predicted molar refractivity (Wildman–Crippen MR) is 173 cm³/mol. The Labute approximate surface area is 230 Å². The van der Waals surface area contributed by atoms with Gasteiger partial charge in [-0.25, -0.2) is 0 Å². The highest BCUT2D eigenvalue weighted by atomic mass is 32.1. The van der Waals surface area contributed by atoms with Crippen LogP contribution in [-0.4, -0.2) is 4.40 Å². The molecular formula is C36H19NS2. The van der Waals surface area contributed by atoms with E-state index in [1.165, 1.54) is 89.2 Å². The van der Waals surface area contributed by atoms with E-state index in [-0.39, 0.29) is 0 Å². The van der Waals surface area contributed by atoms with Crippen molar-refractivity contribution in [2.45, 2.75) is 0 Å². The summed E-state index contributed by atoms with van der Waals surface area (Å²) >= 11 is 3.83. The molecule has 3 heteroatoms. The lowest BCUT2D eigenvalue weighted by molar-refractivity contribution is 1.36. The van der Waals surface area contributed by atoms with Gasteiger partial charge < -0.3 is 4.40 Å². The second-order valence-corrected chi connectivity index (χ2v) is 12.6. The van der Waals surface area contributed by atoms with Gasteiger partial charge in [0.2, 0.25) is 0 Å². The number of rotatable bonds is 0. The molecule has 10 aromatic rings. The summed E-state index contributed by atoms with van der Waals surface area (Å²) in [6, 6.07) is 43.1. The van der Waals surface area contributed by atoms with E-state index < -0.39 is 0 Å². The Morgan fingerprint density at radius 2 is 0.974 bits per heavy atom. The van der Waals surface area contributed by atoms with Crippen LogP contribution in [0.1, 0.15) is 0 Å². The molecule has 0 radical (unpaired) electrons. The predicted octanol–water partition coefficient (Wildman–Crippen LogP) is 11.3. The normalized spacial score (nSPS) is 12.6. The van der Waals surface area contributed by atoms with Crippen molar-refractivity contribution in [1.82, 2.24) is 4.40 Å². The molecule has 180 valence electrons. The standard InChI is InChI=1S/C36H19NS2/c1-3-14-27-20(8-1)22-10-6-16-30-33(22)34-23(11-7-17-31(34)38-30)24-12-5-13-26-32-28(37(27)35(24)26)19-18-25-21-9-2-4-15-29(21)39-36(25)32/h1-19H. The Bertz CT molecular complexity index is 2660. The lowest BCUT2D eigenvalue weighted by atomic mass is 10.0. The third-order valence-electron chi connectivity index (χ3n) is 8.54. The highest BCUT2D eigenvalue weighted by Gasteiger charge is 2.20. The van der Waals surface area contributed by atoms with Gasteiger partial charge >= 0.3 is 0 Å². The van der Waals surface area contributed by atoms with Crippen molar-refractivity contribution in [2.75, 3.05) is 0 Å². The maximum atomic E-state index is 2.55. The molecule has 0 saturated carbocycles. The van der Waals surface area contributed by atoms with E-state index in [1.807, 2.05) is 22.7 Å². The Balaban J connectivity index is 1.65. The molecule has 6 aromatic carbocycles. The fourth-order valence-electron chi connectivity index (χ4n) is 7.01. The first-order valence-corrected chi connectivity index (χ1v) is 14.9. The molecule has 0 amide bonds. The Morgan fingerprint density at radius 1 is 0.359 bits per heavy atom. The van der Waals surface area contributed by atoms with Crippen molar-refractivity contribution >= 4 is 112 Å². The first-order valence-electron chi connectivity index (χ1n) is 13.3. The molecule has 0 spiro atoms. The zero-order chi connectivity index (χ0) is 25.2.